The molecule has 0 aliphatic heterocycles. The van der Waals surface area contributed by atoms with Gasteiger partial charge < -0.3 is 14.2 Å². The molecule has 0 saturated heterocycles. The molecule has 5 nitrogen and oxygen atoms in total. The number of hydrogen-bond acceptors (Lipinski definition) is 3. The molecule has 0 saturated carbocycles. The number of aromatic nitrogens is 2. The van der Waals surface area contributed by atoms with E-state index in [0.717, 1.165) is 23.4 Å². The van der Waals surface area contributed by atoms with Crippen LogP contribution in [0.4, 0.5) is 0 Å². The standard InChI is InChI=1S/C21H23N3O2/c1-16(14-18-6-4-5-7-20(18)26-3)23(2)21(25)17-8-10-19(11-9-17)24-13-12-22-15-24/h4-13,15-16H,14H2,1-3H3/t16-/m0/s1. The van der Waals surface area contributed by atoms with Gasteiger partial charge in [0.2, 0.25) is 0 Å². The average molecular weight is 349 g/mol. The van der Waals surface area contributed by atoms with Crippen molar-refractivity contribution in [1.82, 2.24) is 14.5 Å². The van der Waals surface area contributed by atoms with Crippen LogP contribution in [0.3, 0.4) is 0 Å². The van der Waals surface area contributed by atoms with Crippen LogP contribution >= 0.6 is 0 Å². The fraction of sp³-hybridized carbons (Fsp3) is 0.238. The van der Waals surface area contributed by atoms with Gasteiger partial charge in [-0.1, -0.05) is 18.2 Å². The van der Waals surface area contributed by atoms with E-state index >= 15 is 0 Å². The molecular weight excluding hydrogens is 326 g/mol. The Bertz CT molecular complexity index is 857. The second kappa shape index (κ2) is 7.87. The molecule has 3 aromatic rings. The minimum absolute atomic E-state index is 0.00424. The van der Waals surface area contributed by atoms with E-state index in [1.807, 2.05) is 73.3 Å². The number of methoxy groups -OCH3 is 1. The normalized spacial score (nSPS) is 11.8. The van der Waals surface area contributed by atoms with Crippen molar-refractivity contribution in [2.45, 2.75) is 19.4 Å². The van der Waals surface area contributed by atoms with Gasteiger partial charge in [-0.15, -0.1) is 0 Å². The zero-order valence-corrected chi connectivity index (χ0v) is 15.3. The summed E-state index contributed by atoms with van der Waals surface area (Å²) in [6.07, 6.45) is 6.07. The van der Waals surface area contributed by atoms with Crippen LogP contribution in [0.5, 0.6) is 5.75 Å². The highest BCUT2D eigenvalue weighted by Crippen LogP contribution is 2.21. The number of likely N-dealkylation sites (N-methyl/N-ethyl adjacent to an activating group) is 1. The van der Waals surface area contributed by atoms with Gasteiger partial charge in [0, 0.05) is 36.7 Å². The number of imidazole rings is 1. The number of benzene rings is 2. The zero-order chi connectivity index (χ0) is 18.5. The van der Waals surface area contributed by atoms with Crippen molar-refractivity contribution in [3.8, 4) is 11.4 Å². The van der Waals surface area contributed by atoms with E-state index in [0.29, 0.717) is 5.56 Å². The summed E-state index contributed by atoms with van der Waals surface area (Å²) in [4.78, 5) is 18.6. The van der Waals surface area contributed by atoms with E-state index in [-0.39, 0.29) is 11.9 Å². The Hall–Kier alpha value is -3.08. The monoisotopic (exact) mass is 349 g/mol. The van der Waals surface area contributed by atoms with Crippen LogP contribution in [0.2, 0.25) is 0 Å². The molecule has 0 radical (unpaired) electrons. The molecule has 0 spiro atoms. The van der Waals surface area contributed by atoms with Gasteiger partial charge in [-0.05, 0) is 49.2 Å². The first kappa shape index (κ1) is 17.7. The number of rotatable bonds is 6. The van der Waals surface area contributed by atoms with Crippen LogP contribution in [-0.2, 0) is 6.42 Å². The largest absolute Gasteiger partial charge is 0.496 e. The van der Waals surface area contributed by atoms with Crippen molar-refractivity contribution in [2.75, 3.05) is 14.2 Å². The molecular formula is C21H23N3O2. The average Bonchev–Trinajstić information content (AvgIpc) is 3.22. The minimum Gasteiger partial charge on any atom is -0.496 e. The fourth-order valence-electron chi connectivity index (χ4n) is 2.92. The highest BCUT2D eigenvalue weighted by Gasteiger charge is 2.19. The number of carbonyl (C=O) groups excluding carboxylic acids is 1. The maximum absolute atomic E-state index is 12.8. The molecule has 0 aliphatic rings. The number of ether oxygens (including phenoxy) is 1. The van der Waals surface area contributed by atoms with Crippen molar-refractivity contribution in [2.24, 2.45) is 0 Å². The molecule has 1 atom stereocenters. The Morgan fingerprint density at radius 2 is 1.92 bits per heavy atom. The summed E-state index contributed by atoms with van der Waals surface area (Å²) in [5.74, 6) is 0.856. The zero-order valence-electron chi connectivity index (χ0n) is 15.3. The summed E-state index contributed by atoms with van der Waals surface area (Å²) in [5, 5.41) is 0. The first-order valence-electron chi connectivity index (χ1n) is 8.57. The Balaban J connectivity index is 1.70. The van der Waals surface area contributed by atoms with Gasteiger partial charge in [0.25, 0.3) is 5.91 Å². The molecule has 134 valence electrons. The van der Waals surface area contributed by atoms with Gasteiger partial charge in [-0.3, -0.25) is 4.79 Å². The number of carbonyl (C=O) groups is 1. The molecule has 2 aromatic carbocycles. The minimum atomic E-state index is 0.00424. The Morgan fingerprint density at radius 3 is 2.58 bits per heavy atom. The third-order valence-electron chi connectivity index (χ3n) is 4.61. The van der Waals surface area contributed by atoms with Crippen LogP contribution in [0.25, 0.3) is 5.69 Å². The maximum Gasteiger partial charge on any atom is 0.253 e. The molecule has 1 aromatic heterocycles. The smallest absolute Gasteiger partial charge is 0.253 e. The molecule has 0 fully saturated rings. The van der Waals surface area contributed by atoms with Gasteiger partial charge in [0.1, 0.15) is 5.75 Å². The highest BCUT2D eigenvalue weighted by atomic mass is 16.5. The Labute approximate surface area is 153 Å². The molecule has 26 heavy (non-hydrogen) atoms. The van der Waals surface area contributed by atoms with Crippen LogP contribution in [0.15, 0.2) is 67.3 Å². The molecule has 1 heterocycles. The lowest BCUT2D eigenvalue weighted by atomic mass is 10.0. The van der Waals surface area contributed by atoms with E-state index in [4.69, 9.17) is 4.74 Å². The van der Waals surface area contributed by atoms with E-state index < -0.39 is 0 Å². The van der Waals surface area contributed by atoms with Crippen molar-refractivity contribution in [3.63, 3.8) is 0 Å². The molecule has 0 bridgehead atoms. The van der Waals surface area contributed by atoms with Crippen LogP contribution in [-0.4, -0.2) is 40.6 Å². The molecule has 3 rings (SSSR count). The lowest BCUT2D eigenvalue weighted by molar-refractivity contribution is 0.0743. The first-order chi connectivity index (χ1) is 12.6. The second-order valence-electron chi connectivity index (χ2n) is 6.30. The number of amides is 1. The van der Waals surface area contributed by atoms with E-state index in [1.165, 1.54) is 0 Å². The maximum atomic E-state index is 12.8. The van der Waals surface area contributed by atoms with E-state index in [9.17, 15) is 4.79 Å². The number of hydrogen-bond donors (Lipinski definition) is 0. The van der Waals surface area contributed by atoms with Crippen LogP contribution < -0.4 is 4.74 Å². The lowest BCUT2D eigenvalue weighted by Crippen LogP contribution is -2.36. The van der Waals surface area contributed by atoms with Gasteiger partial charge in [-0.25, -0.2) is 4.98 Å². The van der Waals surface area contributed by atoms with E-state index in [2.05, 4.69) is 4.98 Å². The summed E-state index contributed by atoms with van der Waals surface area (Å²) in [6.45, 7) is 2.05. The molecule has 0 N–H and O–H groups in total. The SMILES string of the molecule is COc1ccccc1C[C@H](C)N(C)C(=O)c1ccc(-n2ccnc2)cc1. The second-order valence-corrected chi connectivity index (χ2v) is 6.30. The first-order valence-corrected chi connectivity index (χ1v) is 8.57. The Morgan fingerprint density at radius 1 is 1.19 bits per heavy atom. The molecule has 0 aliphatic carbocycles. The summed E-state index contributed by atoms with van der Waals surface area (Å²) in [5.41, 5.74) is 2.74. The summed E-state index contributed by atoms with van der Waals surface area (Å²) < 4.78 is 7.31. The predicted octanol–water partition coefficient (Wildman–Crippen LogP) is 3.58. The third kappa shape index (κ3) is 3.77. The molecule has 0 unspecified atom stereocenters. The van der Waals surface area contributed by atoms with Gasteiger partial charge in [0.05, 0.1) is 13.4 Å². The summed E-state index contributed by atoms with van der Waals surface area (Å²) in [6, 6.07) is 15.5. The highest BCUT2D eigenvalue weighted by molar-refractivity contribution is 5.94. The van der Waals surface area contributed by atoms with Crippen molar-refractivity contribution in [1.29, 1.82) is 0 Å². The van der Waals surface area contributed by atoms with Crippen molar-refractivity contribution >= 4 is 5.91 Å². The van der Waals surface area contributed by atoms with Crippen molar-refractivity contribution in [3.05, 3.63) is 78.4 Å². The lowest BCUT2D eigenvalue weighted by Gasteiger charge is -2.26. The van der Waals surface area contributed by atoms with E-state index in [1.54, 1.807) is 24.5 Å². The summed E-state index contributed by atoms with van der Waals surface area (Å²) >= 11 is 0. The Kier molecular flexibility index (Phi) is 5.37. The van der Waals surface area contributed by atoms with Gasteiger partial charge in [0.15, 0.2) is 0 Å². The van der Waals surface area contributed by atoms with Gasteiger partial charge >= 0.3 is 0 Å². The predicted molar refractivity (Wildman–Crippen MR) is 102 cm³/mol. The third-order valence-corrected chi connectivity index (χ3v) is 4.61. The number of nitrogens with zero attached hydrogens (tertiary/aromatic N) is 3. The van der Waals surface area contributed by atoms with Crippen molar-refractivity contribution < 1.29 is 9.53 Å². The van der Waals surface area contributed by atoms with Crippen LogP contribution in [0, 0.1) is 0 Å². The number of para-hydroxylation sites is 1. The molecule has 5 heteroatoms. The van der Waals surface area contributed by atoms with Gasteiger partial charge in [-0.2, -0.15) is 0 Å². The summed E-state index contributed by atoms with van der Waals surface area (Å²) in [7, 11) is 3.51. The quantitative estimate of drug-likeness (QED) is 0.683. The topological polar surface area (TPSA) is 47.4 Å². The molecule has 1 amide bonds. The van der Waals surface area contributed by atoms with Crippen LogP contribution in [0.1, 0.15) is 22.8 Å². The fourth-order valence-corrected chi connectivity index (χ4v) is 2.92.